The summed E-state index contributed by atoms with van der Waals surface area (Å²) in [4.78, 5) is 12.2. The topological polar surface area (TPSA) is 78.5 Å². The van der Waals surface area contributed by atoms with Crippen molar-refractivity contribution < 1.29 is 13.2 Å². The van der Waals surface area contributed by atoms with Gasteiger partial charge in [-0.25, -0.2) is 12.7 Å². The Labute approximate surface area is 152 Å². The molecule has 0 saturated heterocycles. The fourth-order valence-electron chi connectivity index (χ4n) is 2.11. The average molecular weight is 382 g/mol. The largest absolute Gasteiger partial charge is 0.376 e. The first-order valence-electron chi connectivity index (χ1n) is 7.52. The van der Waals surface area contributed by atoms with Crippen molar-refractivity contribution in [3.05, 3.63) is 53.1 Å². The van der Waals surface area contributed by atoms with E-state index in [9.17, 15) is 13.2 Å². The second kappa shape index (κ2) is 7.86. The fraction of sp³-hybridized carbons (Fsp3) is 0.235. The Balaban J connectivity index is 2.06. The molecule has 2 aromatic rings. The Morgan fingerprint density at radius 2 is 1.68 bits per heavy atom. The number of hydrogen-bond acceptors (Lipinski definition) is 4. The normalized spacial score (nSPS) is 11.4. The number of rotatable bonds is 6. The van der Waals surface area contributed by atoms with Crippen molar-refractivity contribution in [3.63, 3.8) is 0 Å². The Hall–Kier alpha value is -2.09. The van der Waals surface area contributed by atoms with Crippen LogP contribution < -0.4 is 10.6 Å². The molecular weight excluding hydrogens is 362 g/mol. The van der Waals surface area contributed by atoms with Crippen LogP contribution in [0.5, 0.6) is 0 Å². The lowest BCUT2D eigenvalue weighted by molar-refractivity contribution is -0.114. The van der Waals surface area contributed by atoms with Gasteiger partial charge in [-0.2, -0.15) is 0 Å². The Kier molecular flexibility index (Phi) is 6.05. The van der Waals surface area contributed by atoms with Gasteiger partial charge in [0.25, 0.3) is 0 Å². The number of benzene rings is 2. The standard InChI is InChI=1S/C17H20ClN3O3S/c1-12-4-7-15(10-16(12)25(23,24)21(2)3)19-11-17(22)20-14-8-5-13(18)6-9-14/h4-10,19H,11H2,1-3H3,(H,20,22). The maximum absolute atomic E-state index is 12.3. The molecule has 0 saturated carbocycles. The maximum Gasteiger partial charge on any atom is 0.243 e. The molecule has 0 aromatic heterocycles. The predicted molar refractivity (Wildman–Crippen MR) is 101 cm³/mol. The molecule has 8 heteroatoms. The number of carbonyl (C=O) groups is 1. The molecule has 0 radical (unpaired) electrons. The van der Waals surface area contributed by atoms with E-state index in [1.54, 1.807) is 43.3 Å². The molecule has 0 aliphatic rings. The first-order valence-corrected chi connectivity index (χ1v) is 9.34. The Morgan fingerprint density at radius 3 is 2.28 bits per heavy atom. The van der Waals surface area contributed by atoms with Gasteiger partial charge in [0.1, 0.15) is 0 Å². The molecule has 0 bridgehead atoms. The van der Waals surface area contributed by atoms with E-state index in [1.165, 1.54) is 20.2 Å². The van der Waals surface area contributed by atoms with Crippen LogP contribution in [0.3, 0.4) is 0 Å². The third kappa shape index (κ3) is 4.94. The molecule has 0 fully saturated rings. The first kappa shape index (κ1) is 19.2. The van der Waals surface area contributed by atoms with Crippen LogP contribution in [0.2, 0.25) is 5.02 Å². The molecule has 0 unspecified atom stereocenters. The van der Waals surface area contributed by atoms with Crippen molar-refractivity contribution in [3.8, 4) is 0 Å². The number of hydrogen-bond donors (Lipinski definition) is 2. The van der Waals surface area contributed by atoms with Gasteiger partial charge in [-0.1, -0.05) is 17.7 Å². The van der Waals surface area contributed by atoms with Crippen LogP contribution >= 0.6 is 11.6 Å². The number of nitrogens with one attached hydrogen (secondary N) is 2. The van der Waals surface area contributed by atoms with Gasteiger partial charge < -0.3 is 10.6 Å². The highest BCUT2D eigenvalue weighted by Gasteiger charge is 2.20. The number of amides is 1. The zero-order valence-corrected chi connectivity index (χ0v) is 15.8. The van der Waals surface area contributed by atoms with Crippen LogP contribution in [0.15, 0.2) is 47.4 Å². The average Bonchev–Trinajstić information content (AvgIpc) is 2.56. The van der Waals surface area contributed by atoms with Crippen LogP contribution in [0, 0.1) is 6.92 Å². The highest BCUT2D eigenvalue weighted by molar-refractivity contribution is 7.89. The molecule has 0 aliphatic carbocycles. The monoisotopic (exact) mass is 381 g/mol. The van der Waals surface area contributed by atoms with E-state index in [-0.39, 0.29) is 17.3 Å². The summed E-state index contributed by atoms with van der Waals surface area (Å²) >= 11 is 5.80. The summed E-state index contributed by atoms with van der Waals surface area (Å²) in [6.07, 6.45) is 0. The van der Waals surface area contributed by atoms with E-state index in [4.69, 9.17) is 11.6 Å². The van der Waals surface area contributed by atoms with Crippen molar-refractivity contribution in [2.24, 2.45) is 0 Å². The predicted octanol–water partition coefficient (Wildman–Crippen LogP) is 2.95. The molecule has 0 spiro atoms. The van der Waals surface area contributed by atoms with Crippen LogP contribution in [-0.4, -0.2) is 39.3 Å². The van der Waals surface area contributed by atoms with Crippen LogP contribution in [0.25, 0.3) is 0 Å². The minimum Gasteiger partial charge on any atom is -0.376 e. The maximum atomic E-state index is 12.3. The van der Waals surface area contributed by atoms with E-state index >= 15 is 0 Å². The molecular formula is C17H20ClN3O3S. The van der Waals surface area contributed by atoms with Gasteiger partial charge in [0, 0.05) is 30.5 Å². The van der Waals surface area contributed by atoms with Crippen LogP contribution in [-0.2, 0) is 14.8 Å². The second-order valence-corrected chi connectivity index (χ2v) is 8.23. The third-order valence-electron chi connectivity index (χ3n) is 3.53. The number of nitrogens with zero attached hydrogens (tertiary/aromatic N) is 1. The molecule has 6 nitrogen and oxygen atoms in total. The lowest BCUT2D eigenvalue weighted by Crippen LogP contribution is -2.24. The summed E-state index contributed by atoms with van der Waals surface area (Å²) in [6, 6.07) is 11.7. The number of sulfonamides is 1. The lowest BCUT2D eigenvalue weighted by Gasteiger charge is -2.15. The van der Waals surface area contributed by atoms with Crippen LogP contribution in [0.1, 0.15) is 5.56 Å². The molecule has 134 valence electrons. The third-order valence-corrected chi connectivity index (χ3v) is 5.74. The van der Waals surface area contributed by atoms with Gasteiger partial charge in [-0.3, -0.25) is 4.79 Å². The number of halogens is 1. The summed E-state index contributed by atoms with van der Waals surface area (Å²) in [5.41, 5.74) is 1.83. The fourth-order valence-corrected chi connectivity index (χ4v) is 3.38. The van der Waals surface area contributed by atoms with Gasteiger partial charge in [-0.05, 0) is 48.9 Å². The molecule has 2 N–H and O–H groups in total. The van der Waals surface area contributed by atoms with E-state index in [2.05, 4.69) is 10.6 Å². The van der Waals surface area contributed by atoms with E-state index in [1.807, 2.05) is 0 Å². The molecule has 0 atom stereocenters. The van der Waals surface area contributed by atoms with E-state index in [0.29, 0.717) is 22.0 Å². The van der Waals surface area contributed by atoms with E-state index < -0.39 is 10.0 Å². The zero-order valence-electron chi connectivity index (χ0n) is 14.2. The minimum absolute atomic E-state index is 0.00708. The Morgan fingerprint density at radius 1 is 1.08 bits per heavy atom. The summed E-state index contributed by atoms with van der Waals surface area (Å²) in [5.74, 6) is -0.250. The van der Waals surface area contributed by atoms with Crippen LogP contribution in [0.4, 0.5) is 11.4 Å². The van der Waals surface area contributed by atoms with Gasteiger partial charge in [0.15, 0.2) is 0 Å². The van der Waals surface area contributed by atoms with E-state index in [0.717, 1.165) is 4.31 Å². The zero-order chi connectivity index (χ0) is 18.6. The minimum atomic E-state index is -3.54. The highest BCUT2D eigenvalue weighted by atomic mass is 35.5. The Bertz CT molecular complexity index is 865. The van der Waals surface area contributed by atoms with Gasteiger partial charge >= 0.3 is 0 Å². The molecule has 0 heterocycles. The molecule has 0 aliphatic heterocycles. The number of anilines is 2. The van der Waals surface area contributed by atoms with Crippen molar-refractivity contribution >= 4 is 38.9 Å². The SMILES string of the molecule is Cc1ccc(NCC(=O)Nc2ccc(Cl)cc2)cc1S(=O)(=O)N(C)C. The molecule has 1 amide bonds. The van der Waals surface area contributed by atoms with Crippen molar-refractivity contribution in [2.75, 3.05) is 31.3 Å². The second-order valence-electron chi connectivity index (χ2n) is 5.68. The smallest absolute Gasteiger partial charge is 0.243 e. The summed E-state index contributed by atoms with van der Waals surface area (Å²) in [6.45, 7) is 1.74. The van der Waals surface area contributed by atoms with Gasteiger partial charge in [0.05, 0.1) is 11.4 Å². The molecule has 25 heavy (non-hydrogen) atoms. The first-order chi connectivity index (χ1) is 11.7. The quantitative estimate of drug-likeness (QED) is 0.806. The van der Waals surface area contributed by atoms with Crippen molar-refractivity contribution in [1.82, 2.24) is 4.31 Å². The highest BCUT2D eigenvalue weighted by Crippen LogP contribution is 2.22. The number of carbonyl (C=O) groups excluding carboxylic acids is 1. The summed E-state index contributed by atoms with van der Waals surface area (Å²) in [7, 11) is -0.580. The van der Waals surface area contributed by atoms with Gasteiger partial charge in [-0.15, -0.1) is 0 Å². The molecule has 2 rings (SSSR count). The van der Waals surface area contributed by atoms with Crippen molar-refractivity contribution in [2.45, 2.75) is 11.8 Å². The summed E-state index contributed by atoms with van der Waals surface area (Å²) in [5, 5.41) is 6.25. The summed E-state index contributed by atoms with van der Waals surface area (Å²) < 4.78 is 25.8. The van der Waals surface area contributed by atoms with Crippen molar-refractivity contribution in [1.29, 1.82) is 0 Å². The number of aryl methyl sites for hydroxylation is 1. The van der Waals surface area contributed by atoms with Gasteiger partial charge in [0.2, 0.25) is 15.9 Å². The molecule has 2 aromatic carbocycles. The lowest BCUT2D eigenvalue weighted by atomic mass is 10.2.